The van der Waals surface area contributed by atoms with E-state index >= 15 is 0 Å². The molecule has 1 aromatic carbocycles. The van der Waals surface area contributed by atoms with Gasteiger partial charge in [-0.1, -0.05) is 31.9 Å². The van der Waals surface area contributed by atoms with Gasteiger partial charge in [0.2, 0.25) is 0 Å². The molecule has 4 heteroatoms. The molecule has 2 aromatic rings. The number of hydrogen-bond acceptors (Lipinski definition) is 1. The molecule has 0 spiro atoms. The maximum atomic E-state index is 13.3. The van der Waals surface area contributed by atoms with Crippen LogP contribution in [-0.2, 0) is 6.42 Å². The highest BCUT2D eigenvalue weighted by atomic mass is 79.9. The van der Waals surface area contributed by atoms with E-state index in [2.05, 4.69) is 36.8 Å². The molecule has 0 amide bonds. The van der Waals surface area contributed by atoms with Gasteiger partial charge in [0.15, 0.2) is 0 Å². The van der Waals surface area contributed by atoms with Crippen molar-refractivity contribution in [2.24, 2.45) is 0 Å². The Morgan fingerprint density at radius 3 is 2.53 bits per heavy atom. The molecular weight excluding hydrogens is 349 g/mol. The van der Waals surface area contributed by atoms with Crippen LogP contribution in [0.5, 0.6) is 0 Å². The van der Waals surface area contributed by atoms with E-state index in [1.54, 1.807) is 18.5 Å². The third-order valence-corrected chi connectivity index (χ3v) is 3.72. The van der Waals surface area contributed by atoms with E-state index in [0.29, 0.717) is 0 Å². The van der Waals surface area contributed by atoms with Gasteiger partial charge in [0.05, 0.1) is 0 Å². The minimum absolute atomic E-state index is 0.0944. The minimum Gasteiger partial charge on any atom is -0.265 e. The van der Waals surface area contributed by atoms with Crippen LogP contribution in [0.25, 0.3) is 0 Å². The van der Waals surface area contributed by atoms with Crippen LogP contribution in [0.3, 0.4) is 0 Å². The average Bonchev–Trinajstić information content (AvgIpc) is 2.29. The fourth-order valence-corrected chi connectivity index (χ4v) is 2.72. The standard InChI is InChI=1S/C13H10Br2FN/c14-11-6-10(7-12(16)8-11)13(15)5-9-1-3-17-4-2-9/h1-4,6-8,13H,5H2. The van der Waals surface area contributed by atoms with Gasteiger partial charge in [0, 0.05) is 21.7 Å². The van der Waals surface area contributed by atoms with Crippen molar-refractivity contribution in [3.63, 3.8) is 0 Å². The van der Waals surface area contributed by atoms with Crippen LogP contribution in [-0.4, -0.2) is 4.98 Å². The Labute approximate surface area is 116 Å². The molecule has 0 saturated heterocycles. The fraction of sp³-hybridized carbons (Fsp3) is 0.154. The summed E-state index contributed by atoms with van der Waals surface area (Å²) in [4.78, 5) is 4.07. The Balaban J connectivity index is 2.17. The van der Waals surface area contributed by atoms with Crippen LogP contribution in [0.15, 0.2) is 47.2 Å². The van der Waals surface area contributed by atoms with Crippen molar-refractivity contribution in [3.8, 4) is 0 Å². The van der Waals surface area contributed by atoms with E-state index in [1.807, 2.05) is 18.2 Å². The molecule has 1 unspecified atom stereocenters. The SMILES string of the molecule is Fc1cc(Br)cc(C(Br)Cc2ccncc2)c1. The van der Waals surface area contributed by atoms with E-state index < -0.39 is 0 Å². The summed E-state index contributed by atoms with van der Waals surface area (Å²) in [6.45, 7) is 0. The first-order valence-electron chi connectivity index (χ1n) is 5.14. The second-order valence-electron chi connectivity index (χ2n) is 3.73. The Bertz CT molecular complexity index is 482. The summed E-state index contributed by atoms with van der Waals surface area (Å²) in [5, 5.41) is 0. The predicted molar refractivity (Wildman–Crippen MR) is 73.7 cm³/mol. The molecule has 2 rings (SSSR count). The van der Waals surface area contributed by atoms with Gasteiger partial charge in [-0.15, -0.1) is 0 Å². The number of aromatic nitrogens is 1. The quantitative estimate of drug-likeness (QED) is 0.727. The fourth-order valence-electron chi connectivity index (χ4n) is 1.60. The molecular formula is C13H10Br2FN. The van der Waals surface area contributed by atoms with Crippen molar-refractivity contribution in [1.29, 1.82) is 0 Å². The molecule has 0 bridgehead atoms. The molecule has 0 radical (unpaired) electrons. The van der Waals surface area contributed by atoms with Crippen molar-refractivity contribution < 1.29 is 4.39 Å². The molecule has 17 heavy (non-hydrogen) atoms. The number of rotatable bonds is 3. The molecule has 0 saturated carbocycles. The van der Waals surface area contributed by atoms with Gasteiger partial charge in [-0.05, 0) is 47.9 Å². The minimum atomic E-state index is -0.228. The lowest BCUT2D eigenvalue weighted by molar-refractivity contribution is 0.624. The van der Waals surface area contributed by atoms with Crippen molar-refractivity contribution in [2.45, 2.75) is 11.2 Å². The third kappa shape index (κ3) is 3.61. The highest BCUT2D eigenvalue weighted by Crippen LogP contribution is 2.29. The van der Waals surface area contributed by atoms with Gasteiger partial charge < -0.3 is 0 Å². The molecule has 1 nitrogen and oxygen atoms in total. The van der Waals surface area contributed by atoms with E-state index in [-0.39, 0.29) is 10.6 Å². The molecule has 1 heterocycles. The van der Waals surface area contributed by atoms with Crippen LogP contribution in [0.1, 0.15) is 16.0 Å². The summed E-state index contributed by atoms with van der Waals surface area (Å²) < 4.78 is 14.0. The van der Waals surface area contributed by atoms with E-state index in [4.69, 9.17) is 0 Å². The summed E-state index contributed by atoms with van der Waals surface area (Å²) in [5.74, 6) is -0.228. The lowest BCUT2D eigenvalue weighted by Crippen LogP contribution is -1.96. The highest BCUT2D eigenvalue weighted by Gasteiger charge is 2.10. The Morgan fingerprint density at radius 1 is 1.18 bits per heavy atom. The molecule has 0 aliphatic heterocycles. The molecule has 0 N–H and O–H groups in total. The van der Waals surface area contributed by atoms with E-state index in [1.165, 1.54) is 11.6 Å². The van der Waals surface area contributed by atoms with Crippen LogP contribution >= 0.6 is 31.9 Å². The third-order valence-electron chi connectivity index (χ3n) is 2.41. The summed E-state index contributed by atoms with van der Waals surface area (Å²) in [5.41, 5.74) is 2.09. The first-order valence-corrected chi connectivity index (χ1v) is 6.85. The van der Waals surface area contributed by atoms with Crippen molar-refractivity contribution in [1.82, 2.24) is 4.98 Å². The predicted octanol–water partition coefficient (Wildman–Crippen LogP) is 4.66. The molecule has 0 aliphatic rings. The van der Waals surface area contributed by atoms with Crippen LogP contribution in [0.2, 0.25) is 0 Å². The number of nitrogens with zero attached hydrogens (tertiary/aromatic N) is 1. The molecule has 1 atom stereocenters. The van der Waals surface area contributed by atoms with Crippen LogP contribution in [0.4, 0.5) is 4.39 Å². The highest BCUT2D eigenvalue weighted by molar-refractivity contribution is 9.10. The van der Waals surface area contributed by atoms with Gasteiger partial charge in [-0.25, -0.2) is 4.39 Å². The Hall–Kier alpha value is -0.740. The van der Waals surface area contributed by atoms with Gasteiger partial charge >= 0.3 is 0 Å². The lowest BCUT2D eigenvalue weighted by atomic mass is 10.1. The Kier molecular flexibility index (Phi) is 4.29. The molecule has 88 valence electrons. The van der Waals surface area contributed by atoms with Gasteiger partial charge in [0.1, 0.15) is 5.82 Å². The number of hydrogen-bond donors (Lipinski definition) is 0. The van der Waals surface area contributed by atoms with Crippen LogP contribution in [0, 0.1) is 5.82 Å². The zero-order valence-electron chi connectivity index (χ0n) is 8.91. The summed E-state index contributed by atoms with van der Waals surface area (Å²) in [6.07, 6.45) is 4.32. The summed E-state index contributed by atoms with van der Waals surface area (Å²) in [7, 11) is 0. The summed E-state index contributed by atoms with van der Waals surface area (Å²) in [6, 6.07) is 8.84. The molecule has 1 aromatic heterocycles. The van der Waals surface area contributed by atoms with E-state index in [9.17, 15) is 4.39 Å². The second kappa shape index (κ2) is 5.74. The summed E-state index contributed by atoms with van der Waals surface area (Å²) >= 11 is 6.88. The lowest BCUT2D eigenvalue weighted by Gasteiger charge is -2.11. The van der Waals surface area contributed by atoms with E-state index in [0.717, 1.165) is 16.5 Å². The normalized spacial score (nSPS) is 12.4. The first kappa shape index (κ1) is 12.7. The smallest absolute Gasteiger partial charge is 0.124 e. The zero-order chi connectivity index (χ0) is 12.3. The van der Waals surface area contributed by atoms with Crippen molar-refractivity contribution in [2.75, 3.05) is 0 Å². The number of pyridine rings is 1. The Morgan fingerprint density at radius 2 is 1.88 bits per heavy atom. The van der Waals surface area contributed by atoms with Crippen molar-refractivity contribution >= 4 is 31.9 Å². The average molecular weight is 359 g/mol. The molecule has 0 fully saturated rings. The maximum Gasteiger partial charge on any atom is 0.124 e. The first-order chi connectivity index (χ1) is 8.15. The maximum absolute atomic E-state index is 13.3. The largest absolute Gasteiger partial charge is 0.265 e. The van der Waals surface area contributed by atoms with Gasteiger partial charge in [-0.2, -0.15) is 0 Å². The second-order valence-corrected chi connectivity index (χ2v) is 5.75. The topological polar surface area (TPSA) is 12.9 Å². The van der Waals surface area contributed by atoms with Gasteiger partial charge in [0.25, 0.3) is 0 Å². The van der Waals surface area contributed by atoms with Crippen LogP contribution < -0.4 is 0 Å². The number of benzene rings is 1. The monoisotopic (exact) mass is 357 g/mol. The van der Waals surface area contributed by atoms with Crippen molar-refractivity contribution in [3.05, 3.63) is 64.1 Å². The zero-order valence-corrected chi connectivity index (χ0v) is 12.1. The van der Waals surface area contributed by atoms with Gasteiger partial charge in [-0.3, -0.25) is 4.98 Å². The number of halogens is 3. The molecule has 0 aliphatic carbocycles. The number of alkyl halides is 1.